The summed E-state index contributed by atoms with van der Waals surface area (Å²) in [6.07, 6.45) is 6.26. The minimum absolute atomic E-state index is 0.105. The van der Waals surface area contributed by atoms with E-state index in [-0.39, 0.29) is 18.0 Å². The van der Waals surface area contributed by atoms with Crippen molar-refractivity contribution in [3.63, 3.8) is 0 Å². The zero-order valence-electron chi connectivity index (χ0n) is 16.0. The highest BCUT2D eigenvalue weighted by Gasteiger charge is 2.31. The van der Waals surface area contributed by atoms with E-state index in [4.69, 9.17) is 10.7 Å². The van der Waals surface area contributed by atoms with Gasteiger partial charge < -0.3 is 10.6 Å². The van der Waals surface area contributed by atoms with Crippen LogP contribution in [0, 0.1) is 5.92 Å². The molecule has 2 N–H and O–H groups in total. The van der Waals surface area contributed by atoms with E-state index in [9.17, 15) is 4.79 Å². The molecule has 1 saturated heterocycles. The molecule has 0 unspecified atom stereocenters. The molecule has 1 aliphatic carbocycles. The van der Waals surface area contributed by atoms with Gasteiger partial charge in [0.05, 0.1) is 17.1 Å². The van der Waals surface area contributed by atoms with E-state index in [1.807, 2.05) is 22.6 Å². The van der Waals surface area contributed by atoms with E-state index in [1.165, 1.54) is 12.8 Å². The van der Waals surface area contributed by atoms with Crippen LogP contribution in [0.25, 0.3) is 11.0 Å². The average Bonchev–Trinajstić information content (AvgIpc) is 3.39. The van der Waals surface area contributed by atoms with Gasteiger partial charge in [0.1, 0.15) is 0 Å². The van der Waals surface area contributed by atoms with Gasteiger partial charge in [-0.15, -0.1) is 0 Å². The molecule has 26 heavy (non-hydrogen) atoms. The maximum absolute atomic E-state index is 13.4. The summed E-state index contributed by atoms with van der Waals surface area (Å²) in [5, 5.41) is 5.38. The molecule has 1 amide bonds. The molecular formula is C20H29N5O. The van der Waals surface area contributed by atoms with E-state index in [2.05, 4.69) is 18.9 Å². The molecule has 6 nitrogen and oxygen atoms in total. The van der Waals surface area contributed by atoms with Gasteiger partial charge in [0, 0.05) is 36.8 Å². The van der Waals surface area contributed by atoms with Crippen molar-refractivity contribution >= 4 is 16.9 Å². The fourth-order valence-electron chi connectivity index (χ4n) is 3.97. The van der Waals surface area contributed by atoms with Crippen LogP contribution < -0.4 is 5.73 Å². The Labute approximate surface area is 154 Å². The Morgan fingerprint density at radius 2 is 2.04 bits per heavy atom. The highest BCUT2D eigenvalue weighted by Crippen LogP contribution is 2.40. The van der Waals surface area contributed by atoms with Crippen molar-refractivity contribution < 1.29 is 4.79 Å². The Morgan fingerprint density at radius 1 is 1.27 bits per heavy atom. The Hall–Kier alpha value is -1.95. The summed E-state index contributed by atoms with van der Waals surface area (Å²) < 4.78 is 1.93. The lowest BCUT2D eigenvalue weighted by Crippen LogP contribution is -2.45. The van der Waals surface area contributed by atoms with Gasteiger partial charge in [0.15, 0.2) is 5.65 Å². The zero-order chi connectivity index (χ0) is 18.4. The number of nitrogens with zero attached hydrogens (tertiary/aromatic N) is 4. The van der Waals surface area contributed by atoms with Crippen molar-refractivity contribution in [3.8, 4) is 0 Å². The molecule has 6 heteroatoms. The van der Waals surface area contributed by atoms with Crippen molar-refractivity contribution in [3.05, 3.63) is 23.5 Å². The van der Waals surface area contributed by atoms with E-state index in [0.717, 1.165) is 48.2 Å². The number of pyridine rings is 1. The number of aromatic nitrogens is 3. The molecule has 4 rings (SSSR count). The predicted octanol–water partition coefficient (Wildman–Crippen LogP) is 3.09. The number of nitrogens with two attached hydrogens (primary N) is 1. The van der Waals surface area contributed by atoms with Crippen molar-refractivity contribution in [2.45, 2.75) is 64.5 Å². The van der Waals surface area contributed by atoms with Gasteiger partial charge in [-0.25, -0.2) is 9.67 Å². The fraction of sp³-hybridized carbons (Fsp3) is 0.650. The second kappa shape index (κ2) is 6.65. The number of amides is 1. The number of hydrogen-bond acceptors (Lipinski definition) is 4. The summed E-state index contributed by atoms with van der Waals surface area (Å²) in [4.78, 5) is 20.2. The van der Waals surface area contributed by atoms with Crippen LogP contribution in [0.3, 0.4) is 0 Å². The van der Waals surface area contributed by atoms with Gasteiger partial charge >= 0.3 is 0 Å². The standard InChI is InChI=1S/C20H29N5O/c1-12(2)25-19-17(10-22-25)16(9-18(23-19)14-6-7-14)20(26)24-8-4-5-15(11-24)13(3)21/h9-10,12-15H,4-8,11,21H2,1-3H3/t13-,15-/m1/s1. The maximum Gasteiger partial charge on any atom is 0.254 e. The molecule has 2 fully saturated rings. The van der Waals surface area contributed by atoms with Gasteiger partial charge in [-0.3, -0.25) is 4.79 Å². The van der Waals surface area contributed by atoms with Crippen LogP contribution in [0.5, 0.6) is 0 Å². The molecule has 0 spiro atoms. The lowest BCUT2D eigenvalue weighted by Gasteiger charge is -2.34. The van der Waals surface area contributed by atoms with Gasteiger partial charge in [-0.2, -0.15) is 5.10 Å². The third kappa shape index (κ3) is 3.11. The number of carbonyl (C=O) groups is 1. The molecule has 1 aliphatic heterocycles. The maximum atomic E-state index is 13.4. The summed E-state index contributed by atoms with van der Waals surface area (Å²) >= 11 is 0. The number of carbonyl (C=O) groups excluding carboxylic acids is 1. The summed E-state index contributed by atoms with van der Waals surface area (Å²) in [5.41, 5.74) is 8.75. The molecule has 0 aromatic carbocycles. The molecular weight excluding hydrogens is 326 g/mol. The number of fused-ring (bicyclic) bond motifs is 1. The van der Waals surface area contributed by atoms with Gasteiger partial charge in [-0.05, 0) is 58.4 Å². The predicted molar refractivity (Wildman–Crippen MR) is 102 cm³/mol. The van der Waals surface area contributed by atoms with Crippen molar-refractivity contribution in [2.75, 3.05) is 13.1 Å². The van der Waals surface area contributed by atoms with Crippen LogP contribution in [-0.2, 0) is 0 Å². The lowest BCUT2D eigenvalue weighted by atomic mass is 9.91. The summed E-state index contributed by atoms with van der Waals surface area (Å²) in [6.45, 7) is 7.79. The SMILES string of the molecule is CC(C)n1ncc2c(C(=O)N3CCC[C@@H]([C@@H](C)N)C3)cc(C3CC3)nc21. The topological polar surface area (TPSA) is 77.0 Å². The molecule has 2 aliphatic rings. The molecule has 2 aromatic rings. The van der Waals surface area contributed by atoms with E-state index in [0.29, 0.717) is 11.8 Å². The van der Waals surface area contributed by atoms with Gasteiger partial charge in [0.25, 0.3) is 5.91 Å². The quantitative estimate of drug-likeness (QED) is 0.914. The third-order valence-corrected chi connectivity index (χ3v) is 5.79. The second-order valence-electron chi connectivity index (χ2n) is 8.30. The smallest absolute Gasteiger partial charge is 0.254 e. The van der Waals surface area contributed by atoms with Crippen molar-refractivity contribution in [1.82, 2.24) is 19.7 Å². The number of rotatable bonds is 4. The van der Waals surface area contributed by atoms with Crippen LogP contribution in [0.2, 0.25) is 0 Å². The fourth-order valence-corrected chi connectivity index (χ4v) is 3.97. The second-order valence-corrected chi connectivity index (χ2v) is 8.30. The van der Waals surface area contributed by atoms with Crippen LogP contribution in [-0.4, -0.2) is 44.7 Å². The normalized spacial score (nSPS) is 22.2. The minimum Gasteiger partial charge on any atom is -0.338 e. The highest BCUT2D eigenvalue weighted by molar-refractivity contribution is 6.05. The Bertz CT molecular complexity index is 821. The van der Waals surface area contributed by atoms with Crippen LogP contribution in [0.4, 0.5) is 0 Å². The molecule has 2 aromatic heterocycles. The monoisotopic (exact) mass is 355 g/mol. The molecule has 2 atom stereocenters. The third-order valence-electron chi connectivity index (χ3n) is 5.79. The van der Waals surface area contributed by atoms with Crippen molar-refractivity contribution in [1.29, 1.82) is 0 Å². The summed E-state index contributed by atoms with van der Waals surface area (Å²) in [6, 6.07) is 2.35. The first-order chi connectivity index (χ1) is 12.5. The number of hydrogen-bond donors (Lipinski definition) is 1. The van der Waals surface area contributed by atoms with E-state index >= 15 is 0 Å². The first kappa shape index (κ1) is 17.5. The Kier molecular flexibility index (Phi) is 4.47. The molecule has 3 heterocycles. The van der Waals surface area contributed by atoms with Crippen LogP contribution in [0.1, 0.15) is 74.5 Å². The number of likely N-dealkylation sites (tertiary alicyclic amines) is 1. The van der Waals surface area contributed by atoms with Crippen LogP contribution in [0.15, 0.2) is 12.3 Å². The summed E-state index contributed by atoms with van der Waals surface area (Å²) in [7, 11) is 0. The van der Waals surface area contributed by atoms with E-state index in [1.54, 1.807) is 6.20 Å². The van der Waals surface area contributed by atoms with Crippen LogP contribution >= 0.6 is 0 Å². The molecule has 1 saturated carbocycles. The van der Waals surface area contributed by atoms with Crippen molar-refractivity contribution in [2.24, 2.45) is 11.7 Å². The summed E-state index contributed by atoms with van der Waals surface area (Å²) in [5.74, 6) is 0.985. The van der Waals surface area contributed by atoms with E-state index < -0.39 is 0 Å². The Morgan fingerprint density at radius 3 is 2.69 bits per heavy atom. The van der Waals surface area contributed by atoms with Gasteiger partial charge in [0.2, 0.25) is 0 Å². The molecule has 0 radical (unpaired) electrons. The molecule has 0 bridgehead atoms. The lowest BCUT2D eigenvalue weighted by molar-refractivity contribution is 0.0663. The minimum atomic E-state index is 0.105. The zero-order valence-corrected chi connectivity index (χ0v) is 16.0. The Balaban J connectivity index is 1.74. The first-order valence-electron chi connectivity index (χ1n) is 9.88. The average molecular weight is 355 g/mol. The first-order valence-corrected chi connectivity index (χ1v) is 9.88. The largest absolute Gasteiger partial charge is 0.338 e. The molecule has 140 valence electrons. The van der Waals surface area contributed by atoms with Gasteiger partial charge in [-0.1, -0.05) is 0 Å². The number of piperidine rings is 1. The highest BCUT2D eigenvalue weighted by atomic mass is 16.2.